The molecule has 0 spiro atoms. The summed E-state index contributed by atoms with van der Waals surface area (Å²) in [5.41, 5.74) is 3.15. The molecule has 0 saturated carbocycles. The number of hydrogen-bond donors (Lipinski definition) is 1. The number of nitrogens with zero attached hydrogens (tertiary/aromatic N) is 1. The zero-order valence-corrected chi connectivity index (χ0v) is 19.2. The summed E-state index contributed by atoms with van der Waals surface area (Å²) in [7, 11) is -2.28. The van der Waals surface area contributed by atoms with Crippen LogP contribution in [0.5, 0.6) is 5.75 Å². The van der Waals surface area contributed by atoms with Crippen LogP contribution in [0.4, 0.5) is 0 Å². The minimum absolute atomic E-state index is 0.0103. The molecule has 31 heavy (non-hydrogen) atoms. The number of methoxy groups -OCH3 is 1. The molecule has 1 N–H and O–H groups in total. The zero-order valence-electron chi connectivity index (χ0n) is 18.4. The Morgan fingerprint density at radius 1 is 1.13 bits per heavy atom. The normalized spacial score (nSPS) is 15.7. The Kier molecular flexibility index (Phi) is 6.40. The molecule has 2 aromatic rings. The number of nitrogens with one attached hydrogen (secondary N) is 1. The van der Waals surface area contributed by atoms with Crippen molar-refractivity contribution in [2.24, 2.45) is 0 Å². The minimum atomic E-state index is -3.91. The van der Waals surface area contributed by atoms with Gasteiger partial charge in [0.2, 0.25) is 5.91 Å². The van der Waals surface area contributed by atoms with Gasteiger partial charge < -0.3 is 10.1 Å². The Bertz CT molecular complexity index is 1120. The Morgan fingerprint density at radius 2 is 1.81 bits per heavy atom. The zero-order chi connectivity index (χ0) is 22.9. The third-order valence-electron chi connectivity index (χ3n) is 5.54. The second-order valence-electron chi connectivity index (χ2n) is 8.02. The highest BCUT2D eigenvalue weighted by molar-refractivity contribution is 7.90. The third kappa shape index (κ3) is 4.30. The van der Waals surface area contributed by atoms with Crippen LogP contribution in [0.3, 0.4) is 0 Å². The van der Waals surface area contributed by atoms with Gasteiger partial charge in [-0.3, -0.25) is 9.59 Å². The molecule has 0 bridgehead atoms. The quantitative estimate of drug-likeness (QED) is 0.705. The lowest BCUT2D eigenvalue weighted by atomic mass is 9.93. The predicted octanol–water partition coefficient (Wildman–Crippen LogP) is 3.54. The first-order chi connectivity index (χ1) is 14.6. The molecule has 2 amide bonds. The van der Waals surface area contributed by atoms with Gasteiger partial charge in [0.05, 0.1) is 18.7 Å². The molecule has 2 aromatic carbocycles. The summed E-state index contributed by atoms with van der Waals surface area (Å²) < 4.78 is 31.5. The summed E-state index contributed by atoms with van der Waals surface area (Å²) >= 11 is 0. The number of hydrogen-bond acceptors (Lipinski definition) is 5. The third-order valence-corrected chi connectivity index (χ3v) is 7.38. The average Bonchev–Trinajstić information content (AvgIpc) is 2.91. The first-order valence-corrected chi connectivity index (χ1v) is 11.7. The van der Waals surface area contributed by atoms with Gasteiger partial charge in [-0.1, -0.05) is 26.0 Å². The van der Waals surface area contributed by atoms with Crippen molar-refractivity contribution in [1.29, 1.82) is 0 Å². The van der Waals surface area contributed by atoms with Crippen molar-refractivity contribution in [2.75, 3.05) is 13.7 Å². The van der Waals surface area contributed by atoms with E-state index in [0.717, 1.165) is 26.7 Å². The summed E-state index contributed by atoms with van der Waals surface area (Å²) in [4.78, 5) is 25.0. The van der Waals surface area contributed by atoms with Gasteiger partial charge in [-0.05, 0) is 60.7 Å². The smallest absolute Gasteiger partial charge is 0.269 e. The molecule has 0 radical (unpaired) electrons. The van der Waals surface area contributed by atoms with Gasteiger partial charge in [0.1, 0.15) is 10.6 Å². The number of rotatable bonds is 7. The fraction of sp³-hybridized carbons (Fsp3) is 0.391. The molecule has 0 aliphatic carbocycles. The Labute approximate surface area is 183 Å². The first kappa shape index (κ1) is 22.8. The van der Waals surface area contributed by atoms with Crippen LogP contribution < -0.4 is 10.1 Å². The second kappa shape index (κ2) is 8.70. The Balaban J connectivity index is 1.70. The fourth-order valence-electron chi connectivity index (χ4n) is 3.86. The molecule has 1 heterocycles. The number of ether oxygens (including phenoxy) is 1. The van der Waals surface area contributed by atoms with Crippen LogP contribution >= 0.6 is 0 Å². The van der Waals surface area contributed by atoms with Gasteiger partial charge in [-0.15, -0.1) is 0 Å². The molecule has 7 nitrogen and oxygen atoms in total. The lowest BCUT2D eigenvalue weighted by Gasteiger charge is -2.21. The van der Waals surface area contributed by atoms with Crippen molar-refractivity contribution in [2.45, 2.75) is 51.0 Å². The fourth-order valence-corrected chi connectivity index (χ4v) is 5.43. The molecule has 1 unspecified atom stereocenters. The summed E-state index contributed by atoms with van der Waals surface area (Å²) in [5, 5.41) is 2.92. The number of fused-ring (bicyclic) bond motifs is 1. The average molecular weight is 445 g/mol. The van der Waals surface area contributed by atoms with Crippen molar-refractivity contribution >= 4 is 21.8 Å². The highest BCUT2D eigenvalue weighted by Gasteiger charge is 2.40. The van der Waals surface area contributed by atoms with Crippen LogP contribution in [0.25, 0.3) is 0 Å². The van der Waals surface area contributed by atoms with Gasteiger partial charge in [0.25, 0.3) is 15.9 Å². The van der Waals surface area contributed by atoms with Crippen LogP contribution in [0.1, 0.15) is 66.2 Å². The van der Waals surface area contributed by atoms with E-state index in [2.05, 4.69) is 19.2 Å². The molecular formula is C23H28N2O5S. The number of aryl methyl sites for hydroxylation is 1. The van der Waals surface area contributed by atoms with Crippen molar-refractivity contribution < 1.29 is 22.7 Å². The Morgan fingerprint density at radius 3 is 2.42 bits per heavy atom. The van der Waals surface area contributed by atoms with Gasteiger partial charge in [-0.25, -0.2) is 12.7 Å². The number of amides is 2. The van der Waals surface area contributed by atoms with Gasteiger partial charge >= 0.3 is 0 Å². The minimum Gasteiger partial charge on any atom is -0.496 e. The number of benzene rings is 2. The monoisotopic (exact) mass is 444 g/mol. The largest absolute Gasteiger partial charge is 0.496 e. The lowest BCUT2D eigenvalue weighted by Crippen LogP contribution is -2.35. The lowest BCUT2D eigenvalue weighted by molar-refractivity contribution is -0.121. The van der Waals surface area contributed by atoms with Gasteiger partial charge in [0.15, 0.2) is 0 Å². The van der Waals surface area contributed by atoms with E-state index in [1.54, 1.807) is 19.2 Å². The van der Waals surface area contributed by atoms with Crippen molar-refractivity contribution in [1.82, 2.24) is 9.62 Å². The molecule has 1 aliphatic heterocycles. The molecule has 0 fully saturated rings. The topological polar surface area (TPSA) is 92.8 Å². The van der Waals surface area contributed by atoms with Crippen LogP contribution in [0, 0.1) is 6.92 Å². The molecule has 166 valence electrons. The van der Waals surface area contributed by atoms with E-state index in [9.17, 15) is 18.0 Å². The van der Waals surface area contributed by atoms with Gasteiger partial charge in [0, 0.05) is 13.0 Å². The summed E-state index contributed by atoms with van der Waals surface area (Å²) in [5.74, 6) is 0.147. The van der Waals surface area contributed by atoms with Crippen molar-refractivity contribution in [3.8, 4) is 5.75 Å². The maximum absolute atomic E-state index is 12.6. The van der Waals surface area contributed by atoms with Gasteiger partial charge in [-0.2, -0.15) is 0 Å². The van der Waals surface area contributed by atoms with E-state index < -0.39 is 15.9 Å². The first-order valence-electron chi connectivity index (χ1n) is 10.2. The molecule has 3 rings (SSSR count). The highest BCUT2D eigenvalue weighted by Crippen LogP contribution is 2.32. The van der Waals surface area contributed by atoms with E-state index in [4.69, 9.17) is 4.74 Å². The van der Waals surface area contributed by atoms with Crippen molar-refractivity contribution in [3.05, 3.63) is 58.7 Å². The molecule has 1 atom stereocenters. The summed E-state index contributed by atoms with van der Waals surface area (Å²) in [6, 6.07) is 9.80. The number of sulfonamides is 1. The molecule has 0 aromatic heterocycles. The predicted molar refractivity (Wildman–Crippen MR) is 118 cm³/mol. The van der Waals surface area contributed by atoms with E-state index in [1.807, 2.05) is 26.0 Å². The summed E-state index contributed by atoms with van der Waals surface area (Å²) in [6.45, 7) is 7.78. The van der Waals surface area contributed by atoms with E-state index >= 15 is 0 Å². The van der Waals surface area contributed by atoms with Crippen LogP contribution in [0.2, 0.25) is 0 Å². The SMILES string of the molecule is COc1cc(C)c(C(C)NC(=O)CCN2C(=O)c3ccccc3S2(=O)=O)cc1C(C)C. The van der Waals surface area contributed by atoms with E-state index in [0.29, 0.717) is 0 Å². The molecular weight excluding hydrogens is 416 g/mol. The molecule has 8 heteroatoms. The molecule has 0 saturated heterocycles. The van der Waals surface area contributed by atoms with Crippen molar-refractivity contribution in [3.63, 3.8) is 0 Å². The van der Waals surface area contributed by atoms with E-state index in [-0.39, 0.29) is 41.3 Å². The standard InChI is InChI=1S/C23H28N2O5S/c1-14(2)18-13-19(15(3)12-20(18)30-5)16(4)24-22(26)10-11-25-23(27)17-8-6-7-9-21(17)31(25,28)29/h6-9,12-14,16H,10-11H2,1-5H3,(H,24,26). The highest BCUT2D eigenvalue weighted by atomic mass is 32.2. The second-order valence-corrected chi connectivity index (χ2v) is 9.85. The maximum Gasteiger partial charge on any atom is 0.269 e. The summed E-state index contributed by atoms with van der Waals surface area (Å²) in [6.07, 6.45) is -0.116. The Hall–Kier alpha value is -2.87. The number of carbonyl (C=O) groups is 2. The number of carbonyl (C=O) groups excluding carboxylic acids is 2. The van der Waals surface area contributed by atoms with Crippen LogP contribution in [-0.4, -0.2) is 38.2 Å². The van der Waals surface area contributed by atoms with Crippen LogP contribution in [-0.2, 0) is 14.8 Å². The maximum atomic E-state index is 12.6. The van der Waals surface area contributed by atoms with Crippen LogP contribution in [0.15, 0.2) is 41.3 Å². The van der Waals surface area contributed by atoms with E-state index in [1.165, 1.54) is 12.1 Å². The molecule has 1 aliphatic rings.